The Kier molecular flexibility index (Phi) is 5.39. The number of nitrogens with one attached hydrogen (secondary N) is 1. The Morgan fingerprint density at radius 3 is 2.20 bits per heavy atom. The fourth-order valence-electron chi connectivity index (χ4n) is 3.58. The van der Waals surface area contributed by atoms with Crippen LogP contribution in [0.25, 0.3) is 0 Å². The van der Waals surface area contributed by atoms with Gasteiger partial charge >= 0.3 is 0 Å². The number of hydrogen-bond acceptors (Lipinski definition) is 3. The highest BCUT2D eigenvalue weighted by molar-refractivity contribution is 5.94. The topological polar surface area (TPSA) is 47.6 Å². The van der Waals surface area contributed by atoms with E-state index in [-0.39, 0.29) is 11.4 Å². The smallest absolute Gasteiger partial charge is 0.251 e. The second-order valence-electron chi connectivity index (χ2n) is 6.60. The van der Waals surface area contributed by atoms with Crippen LogP contribution in [0.3, 0.4) is 0 Å². The maximum Gasteiger partial charge on any atom is 0.251 e. The number of rotatable bonds is 6. The van der Waals surface area contributed by atoms with E-state index < -0.39 is 0 Å². The second-order valence-corrected chi connectivity index (χ2v) is 6.60. The molecule has 132 valence electrons. The van der Waals surface area contributed by atoms with Gasteiger partial charge in [0.1, 0.15) is 5.75 Å². The molecule has 0 saturated heterocycles. The molecule has 1 aliphatic carbocycles. The summed E-state index contributed by atoms with van der Waals surface area (Å²) in [6.45, 7) is 0.553. The zero-order valence-electron chi connectivity index (χ0n) is 14.9. The molecule has 0 aromatic heterocycles. The molecular formula is C21H25NO3. The van der Waals surface area contributed by atoms with Crippen LogP contribution in [0.15, 0.2) is 48.5 Å². The molecular weight excluding hydrogens is 314 g/mol. The molecule has 0 atom stereocenters. The summed E-state index contributed by atoms with van der Waals surface area (Å²) in [6.07, 6.45) is 4.18. The van der Waals surface area contributed by atoms with Gasteiger partial charge in [-0.05, 0) is 48.2 Å². The summed E-state index contributed by atoms with van der Waals surface area (Å²) in [7, 11) is 3.33. The van der Waals surface area contributed by atoms with E-state index in [1.165, 1.54) is 0 Å². The Labute approximate surface area is 149 Å². The summed E-state index contributed by atoms with van der Waals surface area (Å²) < 4.78 is 10.4. The molecule has 1 N–H and O–H groups in total. The maximum absolute atomic E-state index is 12.8. The van der Waals surface area contributed by atoms with Crippen molar-refractivity contribution in [1.29, 1.82) is 0 Å². The third-order valence-corrected chi connectivity index (χ3v) is 4.98. The average molecular weight is 339 g/mol. The zero-order valence-corrected chi connectivity index (χ0v) is 14.9. The minimum absolute atomic E-state index is 0.0262. The van der Waals surface area contributed by atoms with Crippen LogP contribution in [0.1, 0.15) is 47.2 Å². The van der Waals surface area contributed by atoms with Crippen LogP contribution in [0.4, 0.5) is 0 Å². The van der Waals surface area contributed by atoms with Crippen molar-refractivity contribution in [3.63, 3.8) is 0 Å². The molecule has 0 unspecified atom stereocenters. The van der Waals surface area contributed by atoms with Crippen LogP contribution in [0.2, 0.25) is 0 Å². The molecule has 0 bridgehead atoms. The molecule has 0 aliphatic heterocycles. The number of carbonyl (C=O) groups is 1. The third-order valence-electron chi connectivity index (χ3n) is 4.98. The van der Waals surface area contributed by atoms with Gasteiger partial charge in [-0.2, -0.15) is 0 Å². The first kappa shape index (κ1) is 17.5. The number of benzene rings is 2. The first-order valence-electron chi connectivity index (χ1n) is 8.72. The SMILES string of the molecule is COCc1ccc(C(=O)NC2(c3ccc(OC)cc3)CCCC2)cc1. The number of hydrogen-bond donors (Lipinski definition) is 1. The molecule has 2 aromatic rings. The van der Waals surface area contributed by atoms with E-state index >= 15 is 0 Å². The molecule has 25 heavy (non-hydrogen) atoms. The lowest BCUT2D eigenvalue weighted by Crippen LogP contribution is -2.43. The highest BCUT2D eigenvalue weighted by atomic mass is 16.5. The van der Waals surface area contributed by atoms with Crippen molar-refractivity contribution in [2.75, 3.05) is 14.2 Å². The molecule has 2 aromatic carbocycles. The Hall–Kier alpha value is -2.33. The molecule has 4 heteroatoms. The van der Waals surface area contributed by atoms with E-state index in [9.17, 15) is 4.79 Å². The Bertz CT molecular complexity index is 701. The summed E-state index contributed by atoms with van der Waals surface area (Å²) in [5.74, 6) is 0.804. The standard InChI is InChI=1S/C21H25NO3/c1-24-15-16-5-7-17(8-6-16)20(23)22-21(13-3-4-14-21)18-9-11-19(25-2)12-10-18/h5-12H,3-4,13-15H2,1-2H3,(H,22,23). The van der Waals surface area contributed by atoms with Crippen LogP contribution >= 0.6 is 0 Å². The van der Waals surface area contributed by atoms with Crippen molar-refractivity contribution in [3.8, 4) is 5.75 Å². The van der Waals surface area contributed by atoms with Crippen molar-refractivity contribution >= 4 is 5.91 Å². The van der Waals surface area contributed by atoms with Gasteiger partial charge in [-0.15, -0.1) is 0 Å². The minimum Gasteiger partial charge on any atom is -0.497 e. The van der Waals surface area contributed by atoms with Gasteiger partial charge in [0, 0.05) is 12.7 Å². The predicted molar refractivity (Wildman–Crippen MR) is 97.8 cm³/mol. The quantitative estimate of drug-likeness (QED) is 0.864. The molecule has 0 heterocycles. The number of amides is 1. The minimum atomic E-state index is -0.283. The second kappa shape index (κ2) is 7.70. The van der Waals surface area contributed by atoms with Crippen LogP contribution in [0, 0.1) is 0 Å². The summed E-state index contributed by atoms with van der Waals surface area (Å²) in [5.41, 5.74) is 2.61. The lowest BCUT2D eigenvalue weighted by Gasteiger charge is -2.31. The zero-order chi connectivity index (χ0) is 17.7. The van der Waals surface area contributed by atoms with E-state index in [0.717, 1.165) is 42.6 Å². The first-order chi connectivity index (χ1) is 12.2. The van der Waals surface area contributed by atoms with Gasteiger partial charge in [0.2, 0.25) is 0 Å². The highest BCUT2D eigenvalue weighted by Gasteiger charge is 2.37. The lowest BCUT2D eigenvalue weighted by atomic mass is 9.87. The van der Waals surface area contributed by atoms with Crippen LogP contribution in [-0.4, -0.2) is 20.1 Å². The van der Waals surface area contributed by atoms with Gasteiger partial charge in [0.25, 0.3) is 5.91 Å². The Morgan fingerprint density at radius 1 is 1.00 bits per heavy atom. The van der Waals surface area contributed by atoms with E-state index in [4.69, 9.17) is 9.47 Å². The van der Waals surface area contributed by atoms with Crippen molar-refractivity contribution in [2.45, 2.75) is 37.8 Å². The summed E-state index contributed by atoms with van der Waals surface area (Å²) in [5, 5.41) is 3.30. The van der Waals surface area contributed by atoms with Crippen LogP contribution in [0.5, 0.6) is 5.75 Å². The highest BCUT2D eigenvalue weighted by Crippen LogP contribution is 2.39. The fraction of sp³-hybridized carbons (Fsp3) is 0.381. The monoisotopic (exact) mass is 339 g/mol. The number of methoxy groups -OCH3 is 2. The first-order valence-corrected chi connectivity index (χ1v) is 8.72. The van der Waals surface area contributed by atoms with Gasteiger partial charge < -0.3 is 14.8 Å². The molecule has 4 nitrogen and oxygen atoms in total. The molecule has 3 rings (SSSR count). The van der Waals surface area contributed by atoms with E-state index in [2.05, 4.69) is 17.4 Å². The predicted octanol–water partition coefficient (Wildman–Crippen LogP) is 4.04. The summed E-state index contributed by atoms with van der Waals surface area (Å²) in [6, 6.07) is 15.6. The number of ether oxygens (including phenoxy) is 2. The Morgan fingerprint density at radius 2 is 1.64 bits per heavy atom. The van der Waals surface area contributed by atoms with Gasteiger partial charge in [-0.25, -0.2) is 0 Å². The largest absolute Gasteiger partial charge is 0.497 e. The maximum atomic E-state index is 12.8. The molecule has 0 spiro atoms. The molecule has 1 saturated carbocycles. The third kappa shape index (κ3) is 3.85. The Balaban J connectivity index is 1.79. The normalized spacial score (nSPS) is 15.8. The van der Waals surface area contributed by atoms with Crippen molar-refractivity contribution in [3.05, 3.63) is 65.2 Å². The fourth-order valence-corrected chi connectivity index (χ4v) is 3.58. The summed E-state index contributed by atoms with van der Waals surface area (Å²) >= 11 is 0. The van der Waals surface area contributed by atoms with Crippen molar-refractivity contribution < 1.29 is 14.3 Å². The van der Waals surface area contributed by atoms with Crippen LogP contribution < -0.4 is 10.1 Å². The molecule has 1 aliphatic rings. The van der Waals surface area contributed by atoms with Gasteiger partial charge in [-0.3, -0.25) is 4.79 Å². The average Bonchev–Trinajstić information content (AvgIpc) is 3.12. The summed E-state index contributed by atoms with van der Waals surface area (Å²) in [4.78, 5) is 12.8. The molecule has 1 amide bonds. The van der Waals surface area contributed by atoms with Gasteiger partial charge in [0.15, 0.2) is 0 Å². The van der Waals surface area contributed by atoms with Gasteiger partial charge in [-0.1, -0.05) is 37.1 Å². The van der Waals surface area contributed by atoms with Gasteiger partial charge in [0.05, 0.1) is 19.3 Å². The lowest BCUT2D eigenvalue weighted by molar-refractivity contribution is 0.0898. The van der Waals surface area contributed by atoms with E-state index in [0.29, 0.717) is 12.2 Å². The molecule has 0 radical (unpaired) electrons. The van der Waals surface area contributed by atoms with Crippen molar-refractivity contribution in [2.24, 2.45) is 0 Å². The number of carbonyl (C=O) groups excluding carboxylic acids is 1. The van der Waals surface area contributed by atoms with Crippen molar-refractivity contribution in [1.82, 2.24) is 5.32 Å². The van der Waals surface area contributed by atoms with E-state index in [1.54, 1.807) is 14.2 Å². The van der Waals surface area contributed by atoms with E-state index in [1.807, 2.05) is 36.4 Å². The molecule has 1 fully saturated rings. The van der Waals surface area contributed by atoms with Crippen LogP contribution in [-0.2, 0) is 16.9 Å².